The molecule has 6 heteroatoms. The highest BCUT2D eigenvalue weighted by Crippen LogP contribution is 2.31. The second kappa shape index (κ2) is 8.73. The van der Waals surface area contributed by atoms with Crippen molar-refractivity contribution in [1.29, 1.82) is 0 Å². The summed E-state index contributed by atoms with van der Waals surface area (Å²) in [6.45, 7) is 5.97. The van der Waals surface area contributed by atoms with Gasteiger partial charge in [0.1, 0.15) is 0 Å². The minimum Gasteiger partial charge on any atom is -0.322 e. The molecule has 0 aliphatic carbocycles. The van der Waals surface area contributed by atoms with Gasteiger partial charge in [0.15, 0.2) is 0 Å². The Morgan fingerprint density at radius 2 is 1.61 bits per heavy atom. The summed E-state index contributed by atoms with van der Waals surface area (Å²) in [6, 6.07) is 17.2. The van der Waals surface area contributed by atoms with Crippen LogP contribution in [0.4, 0.5) is 5.69 Å². The van der Waals surface area contributed by atoms with Crippen molar-refractivity contribution in [3.05, 3.63) is 90.8 Å². The van der Waals surface area contributed by atoms with Gasteiger partial charge in [-0.1, -0.05) is 55.6 Å². The highest BCUT2D eigenvalue weighted by Gasteiger charge is 2.17. The van der Waals surface area contributed by atoms with Gasteiger partial charge in [0, 0.05) is 30.6 Å². The largest absolute Gasteiger partial charge is 0.322 e. The van der Waals surface area contributed by atoms with Crippen molar-refractivity contribution in [3.63, 3.8) is 0 Å². The molecule has 0 bridgehead atoms. The van der Waals surface area contributed by atoms with Crippen LogP contribution < -0.4 is 5.32 Å². The predicted octanol–water partition coefficient (Wildman–Crippen LogP) is 8.26. The number of carbonyl (C=O) groups is 1. The first-order valence-corrected chi connectivity index (χ1v) is 11.6. The molecule has 0 spiro atoms. The van der Waals surface area contributed by atoms with E-state index in [2.05, 4.69) is 37.2 Å². The summed E-state index contributed by atoms with van der Waals surface area (Å²) in [4.78, 5) is 18.3. The van der Waals surface area contributed by atoms with Gasteiger partial charge in [0.05, 0.1) is 16.8 Å². The number of hydrogen-bond acceptors (Lipinski definition) is 2. The van der Waals surface area contributed by atoms with Crippen LogP contribution in [0.2, 0.25) is 5.02 Å². The topological polar surface area (TPSA) is 42.0 Å². The number of pyridine rings is 1. The van der Waals surface area contributed by atoms with E-state index < -0.39 is 0 Å². The van der Waals surface area contributed by atoms with E-state index in [4.69, 9.17) is 16.6 Å². The molecule has 0 aliphatic rings. The normalized spacial score (nSPS) is 11.0. The Hall–Kier alpha value is -2.21. The van der Waals surface area contributed by atoms with Crippen molar-refractivity contribution >= 4 is 66.0 Å². The molecule has 156 valence electrons. The Balaban J connectivity index is 1.88. The summed E-state index contributed by atoms with van der Waals surface area (Å²) in [5, 5.41) is 4.55. The van der Waals surface area contributed by atoms with Gasteiger partial charge in [-0.2, -0.15) is 0 Å². The molecular formula is C25H19Br2ClN2O. The summed E-state index contributed by atoms with van der Waals surface area (Å²) in [5.41, 5.74) is 6.81. The van der Waals surface area contributed by atoms with Crippen LogP contribution in [0.3, 0.4) is 0 Å². The van der Waals surface area contributed by atoms with Gasteiger partial charge in [-0.05, 0) is 79.9 Å². The molecule has 0 atom stereocenters. The number of fused-ring (bicyclic) bond motifs is 1. The van der Waals surface area contributed by atoms with Crippen LogP contribution in [-0.2, 0) is 0 Å². The Morgan fingerprint density at radius 3 is 2.32 bits per heavy atom. The maximum Gasteiger partial charge on any atom is 0.256 e. The SMILES string of the molecule is Cc1cc(NC(=O)c2cc(-c3ccc(Cl)cc3)nc3c(C)cc(Br)cc23)c(C)cc1Br. The van der Waals surface area contributed by atoms with E-state index in [1.54, 1.807) is 0 Å². The minimum atomic E-state index is -0.176. The number of halogens is 3. The number of aryl methyl sites for hydroxylation is 3. The first-order chi connectivity index (χ1) is 14.7. The Labute approximate surface area is 203 Å². The summed E-state index contributed by atoms with van der Waals surface area (Å²) in [5.74, 6) is -0.176. The number of aromatic nitrogens is 1. The average Bonchev–Trinajstić information content (AvgIpc) is 2.72. The number of carbonyl (C=O) groups excluding carboxylic acids is 1. The van der Waals surface area contributed by atoms with Gasteiger partial charge in [0.25, 0.3) is 5.91 Å². The lowest BCUT2D eigenvalue weighted by Crippen LogP contribution is -2.14. The number of rotatable bonds is 3. The zero-order chi connectivity index (χ0) is 22.3. The van der Waals surface area contributed by atoms with Crippen molar-refractivity contribution in [2.45, 2.75) is 20.8 Å². The smallest absolute Gasteiger partial charge is 0.256 e. The van der Waals surface area contributed by atoms with Gasteiger partial charge < -0.3 is 5.32 Å². The Morgan fingerprint density at radius 1 is 0.903 bits per heavy atom. The monoisotopic (exact) mass is 556 g/mol. The van der Waals surface area contributed by atoms with E-state index in [9.17, 15) is 4.79 Å². The predicted molar refractivity (Wildman–Crippen MR) is 136 cm³/mol. The fraction of sp³-hybridized carbons (Fsp3) is 0.120. The van der Waals surface area contributed by atoms with E-state index in [0.29, 0.717) is 10.6 Å². The molecule has 4 aromatic rings. The van der Waals surface area contributed by atoms with Gasteiger partial charge in [0.2, 0.25) is 0 Å². The lowest BCUT2D eigenvalue weighted by molar-refractivity contribution is 0.102. The molecule has 4 rings (SSSR count). The van der Waals surface area contributed by atoms with Crippen molar-refractivity contribution in [2.75, 3.05) is 5.32 Å². The molecule has 0 saturated carbocycles. The first-order valence-electron chi connectivity index (χ1n) is 9.68. The molecule has 3 nitrogen and oxygen atoms in total. The standard InChI is InChI=1S/C25H19Br2ClN2O/c1-13-10-22(14(2)9-21(13)27)30-25(31)20-12-23(16-4-6-18(28)7-5-16)29-24-15(3)8-17(26)11-19(20)24/h4-12H,1-3H3,(H,30,31). The van der Waals surface area contributed by atoms with Crippen molar-refractivity contribution in [1.82, 2.24) is 4.98 Å². The van der Waals surface area contributed by atoms with Crippen molar-refractivity contribution in [3.8, 4) is 11.3 Å². The zero-order valence-electron chi connectivity index (χ0n) is 17.2. The summed E-state index contributed by atoms with van der Waals surface area (Å²) < 4.78 is 1.92. The minimum absolute atomic E-state index is 0.176. The molecule has 1 amide bonds. The van der Waals surface area contributed by atoms with Crippen LogP contribution in [0.5, 0.6) is 0 Å². The molecule has 1 aromatic heterocycles. The molecule has 3 aromatic carbocycles. The molecule has 0 fully saturated rings. The van der Waals surface area contributed by atoms with Crippen LogP contribution in [-0.4, -0.2) is 10.9 Å². The quantitative estimate of drug-likeness (QED) is 0.275. The molecular weight excluding hydrogens is 540 g/mol. The third-order valence-corrected chi connectivity index (χ3v) is 6.77. The highest BCUT2D eigenvalue weighted by atomic mass is 79.9. The van der Waals surface area contributed by atoms with Crippen molar-refractivity contribution in [2.24, 2.45) is 0 Å². The van der Waals surface area contributed by atoms with Crippen LogP contribution in [0.15, 0.2) is 63.5 Å². The van der Waals surface area contributed by atoms with E-state index in [1.165, 1.54) is 0 Å². The lowest BCUT2D eigenvalue weighted by Gasteiger charge is -2.14. The molecule has 0 aliphatic heterocycles. The number of amides is 1. The maximum absolute atomic E-state index is 13.4. The number of anilines is 1. The fourth-order valence-electron chi connectivity index (χ4n) is 3.52. The van der Waals surface area contributed by atoms with Crippen molar-refractivity contribution < 1.29 is 4.79 Å². The lowest BCUT2D eigenvalue weighted by atomic mass is 10.0. The third-order valence-electron chi connectivity index (χ3n) is 5.21. The van der Waals surface area contributed by atoms with Crippen LogP contribution in [0.1, 0.15) is 27.0 Å². The average molecular weight is 559 g/mol. The molecule has 1 heterocycles. The maximum atomic E-state index is 13.4. The molecule has 0 saturated heterocycles. The molecule has 31 heavy (non-hydrogen) atoms. The van der Waals surface area contributed by atoms with Crippen LogP contribution >= 0.6 is 43.5 Å². The number of nitrogens with zero attached hydrogens (tertiary/aromatic N) is 1. The summed E-state index contributed by atoms with van der Waals surface area (Å²) >= 11 is 13.2. The van der Waals surface area contributed by atoms with Gasteiger partial charge in [-0.25, -0.2) is 4.98 Å². The number of nitrogens with one attached hydrogen (secondary N) is 1. The Kier molecular flexibility index (Phi) is 6.20. The van der Waals surface area contributed by atoms with Crippen LogP contribution in [0, 0.1) is 20.8 Å². The van der Waals surface area contributed by atoms with Gasteiger partial charge >= 0.3 is 0 Å². The number of benzene rings is 3. The van der Waals surface area contributed by atoms with E-state index in [-0.39, 0.29) is 5.91 Å². The third kappa shape index (κ3) is 4.54. The first kappa shape index (κ1) is 22.0. The molecule has 0 radical (unpaired) electrons. The Bertz CT molecular complexity index is 1330. The second-order valence-corrected chi connectivity index (χ2v) is 9.76. The zero-order valence-corrected chi connectivity index (χ0v) is 21.1. The summed E-state index contributed by atoms with van der Waals surface area (Å²) in [6.07, 6.45) is 0. The second-order valence-electron chi connectivity index (χ2n) is 7.55. The molecule has 0 unspecified atom stereocenters. The van der Waals surface area contributed by atoms with E-state index >= 15 is 0 Å². The van der Waals surface area contributed by atoms with Gasteiger partial charge in [-0.3, -0.25) is 4.79 Å². The highest BCUT2D eigenvalue weighted by molar-refractivity contribution is 9.10. The molecule has 1 N–H and O–H groups in total. The van der Waals surface area contributed by atoms with Gasteiger partial charge in [-0.15, -0.1) is 0 Å². The van der Waals surface area contributed by atoms with E-state index in [0.717, 1.165) is 53.5 Å². The van der Waals surface area contributed by atoms with E-state index in [1.807, 2.05) is 75.4 Å². The summed E-state index contributed by atoms with van der Waals surface area (Å²) in [7, 11) is 0. The van der Waals surface area contributed by atoms with Crippen LogP contribution in [0.25, 0.3) is 22.2 Å². The fourth-order valence-corrected chi connectivity index (χ4v) is 4.67. The number of hydrogen-bond donors (Lipinski definition) is 1.